The highest BCUT2D eigenvalue weighted by Crippen LogP contribution is 2.43. The van der Waals surface area contributed by atoms with Crippen LogP contribution >= 0.6 is 15.9 Å². The predicted octanol–water partition coefficient (Wildman–Crippen LogP) is 5.52. The van der Waals surface area contributed by atoms with Gasteiger partial charge in [-0.25, -0.2) is 0 Å². The number of piperidine rings is 1. The van der Waals surface area contributed by atoms with Crippen molar-refractivity contribution in [2.24, 2.45) is 5.92 Å². The van der Waals surface area contributed by atoms with E-state index >= 15 is 0 Å². The Kier molecular flexibility index (Phi) is 5.76. The van der Waals surface area contributed by atoms with Gasteiger partial charge >= 0.3 is 0 Å². The summed E-state index contributed by atoms with van der Waals surface area (Å²) < 4.78 is 1.04. The van der Waals surface area contributed by atoms with E-state index in [-0.39, 0.29) is 11.8 Å². The molecule has 4 nitrogen and oxygen atoms in total. The number of hydrogen-bond acceptors (Lipinski definition) is 3. The molecule has 1 atom stereocenters. The number of nitrogen functional groups attached to an aromatic ring is 1. The molecule has 164 valence electrons. The number of amides is 1. The summed E-state index contributed by atoms with van der Waals surface area (Å²) in [5, 5.41) is 0. The van der Waals surface area contributed by atoms with Gasteiger partial charge in [-0.05, 0) is 89.3 Å². The lowest BCUT2D eigenvalue weighted by atomic mass is 9.76. The van der Waals surface area contributed by atoms with Crippen LogP contribution in [0.25, 0.3) is 0 Å². The summed E-state index contributed by atoms with van der Waals surface area (Å²) >= 11 is 3.61. The van der Waals surface area contributed by atoms with Crippen LogP contribution in [0.5, 0.6) is 0 Å². The molecule has 0 saturated carbocycles. The Labute approximate surface area is 198 Å². The third-order valence-corrected chi connectivity index (χ3v) is 7.48. The van der Waals surface area contributed by atoms with Crippen molar-refractivity contribution in [2.45, 2.75) is 38.5 Å². The zero-order valence-corrected chi connectivity index (χ0v) is 19.9. The molecule has 2 heterocycles. The fourth-order valence-electron chi connectivity index (χ4n) is 5.42. The second kappa shape index (κ2) is 8.70. The molecule has 3 aromatic rings. The molecular weight excluding hydrogens is 462 g/mol. The number of halogens is 1. The molecule has 0 bridgehead atoms. The van der Waals surface area contributed by atoms with Crippen LogP contribution in [0.2, 0.25) is 0 Å². The predicted molar refractivity (Wildman–Crippen MR) is 132 cm³/mol. The monoisotopic (exact) mass is 489 g/mol. The van der Waals surface area contributed by atoms with Crippen molar-refractivity contribution < 1.29 is 4.79 Å². The fourth-order valence-corrected chi connectivity index (χ4v) is 5.80. The van der Waals surface area contributed by atoms with Crippen molar-refractivity contribution in [3.8, 4) is 0 Å². The number of fused-ring (bicyclic) bond motifs is 2. The number of carbonyl (C=O) groups excluding carboxylic acids is 1. The van der Waals surface area contributed by atoms with E-state index in [0.29, 0.717) is 17.2 Å². The van der Waals surface area contributed by atoms with E-state index in [1.807, 2.05) is 29.3 Å². The van der Waals surface area contributed by atoms with Gasteiger partial charge in [0.25, 0.3) is 5.91 Å². The minimum atomic E-state index is 0.0425. The minimum absolute atomic E-state index is 0.0425. The van der Waals surface area contributed by atoms with Gasteiger partial charge in [0.05, 0.1) is 11.3 Å². The van der Waals surface area contributed by atoms with Crippen molar-refractivity contribution in [1.82, 2.24) is 9.88 Å². The Balaban J connectivity index is 1.44. The molecule has 32 heavy (non-hydrogen) atoms. The first-order valence-electron chi connectivity index (χ1n) is 11.4. The second-order valence-corrected chi connectivity index (χ2v) is 10.0. The minimum Gasteiger partial charge on any atom is -0.398 e. The number of aryl methyl sites for hydroxylation is 3. The first-order chi connectivity index (χ1) is 15.5. The molecule has 1 aromatic heterocycles. The summed E-state index contributed by atoms with van der Waals surface area (Å²) in [4.78, 5) is 19.9. The quantitative estimate of drug-likeness (QED) is 0.482. The van der Waals surface area contributed by atoms with Gasteiger partial charge in [-0.1, -0.05) is 35.9 Å². The number of rotatable bonds is 2. The molecule has 2 N–H and O–H groups in total. The number of hydrogen-bond donors (Lipinski definition) is 1. The number of carbonyl (C=O) groups is 1. The van der Waals surface area contributed by atoms with E-state index < -0.39 is 0 Å². The van der Waals surface area contributed by atoms with Crippen LogP contribution in [0.15, 0.2) is 59.2 Å². The average Bonchev–Trinajstić information content (AvgIpc) is 2.95. The Bertz CT molecular complexity index is 1110. The normalized spacial score (nSPS) is 18.6. The van der Waals surface area contributed by atoms with Gasteiger partial charge in [-0.2, -0.15) is 0 Å². The topological polar surface area (TPSA) is 59.2 Å². The first-order valence-corrected chi connectivity index (χ1v) is 12.2. The number of aromatic nitrogens is 1. The van der Waals surface area contributed by atoms with E-state index in [0.717, 1.165) is 43.2 Å². The summed E-state index contributed by atoms with van der Waals surface area (Å²) in [6, 6.07) is 16.5. The van der Waals surface area contributed by atoms with Gasteiger partial charge in [0, 0.05) is 35.4 Å². The standard InChI is InChI=1S/C27H28BrN3O/c1-17-6-9-22-19(14-17)7-8-20-15-21(28)16-30-26(20)25(22)18-10-12-31(13-11-18)27(32)23-4-2-3-5-24(23)29/h2-6,9,14-16,18,25H,7-8,10-13,29H2,1H3/t25-/m1/s1. The SMILES string of the molecule is Cc1ccc2c(c1)CCc1cc(Br)cnc1[C@@H]2C1CCN(C(=O)c2ccccc2N)CC1. The molecule has 1 aliphatic heterocycles. The van der Waals surface area contributed by atoms with Crippen LogP contribution in [-0.2, 0) is 12.8 Å². The van der Waals surface area contributed by atoms with Gasteiger partial charge in [0.15, 0.2) is 0 Å². The number of benzene rings is 2. The van der Waals surface area contributed by atoms with E-state index in [4.69, 9.17) is 10.7 Å². The number of anilines is 1. The Morgan fingerprint density at radius 3 is 2.59 bits per heavy atom. The van der Waals surface area contributed by atoms with Crippen molar-refractivity contribution in [1.29, 1.82) is 0 Å². The highest BCUT2D eigenvalue weighted by molar-refractivity contribution is 9.10. The Morgan fingerprint density at radius 1 is 1.06 bits per heavy atom. The molecule has 1 amide bonds. The van der Waals surface area contributed by atoms with E-state index in [1.165, 1.54) is 27.9 Å². The zero-order valence-electron chi connectivity index (χ0n) is 18.4. The van der Waals surface area contributed by atoms with Crippen molar-refractivity contribution in [2.75, 3.05) is 18.8 Å². The van der Waals surface area contributed by atoms with Gasteiger partial charge in [0.2, 0.25) is 0 Å². The highest BCUT2D eigenvalue weighted by atomic mass is 79.9. The summed E-state index contributed by atoms with van der Waals surface area (Å²) in [5.41, 5.74) is 14.0. The van der Waals surface area contributed by atoms with Crippen LogP contribution in [0.1, 0.15) is 57.1 Å². The lowest BCUT2D eigenvalue weighted by Crippen LogP contribution is -2.40. The smallest absolute Gasteiger partial charge is 0.255 e. The maximum absolute atomic E-state index is 13.1. The second-order valence-electron chi connectivity index (χ2n) is 9.09. The molecule has 5 rings (SSSR count). The molecule has 1 aliphatic carbocycles. The summed E-state index contributed by atoms with van der Waals surface area (Å²) in [5.74, 6) is 0.773. The van der Waals surface area contributed by atoms with Crippen LogP contribution < -0.4 is 5.73 Å². The van der Waals surface area contributed by atoms with Crippen molar-refractivity contribution in [3.63, 3.8) is 0 Å². The highest BCUT2D eigenvalue weighted by Gasteiger charge is 2.35. The average molecular weight is 490 g/mol. The number of likely N-dealkylation sites (tertiary alicyclic amines) is 1. The lowest BCUT2D eigenvalue weighted by Gasteiger charge is -2.37. The van der Waals surface area contributed by atoms with Gasteiger partial charge in [-0.15, -0.1) is 0 Å². The molecular formula is C27H28BrN3O. The van der Waals surface area contributed by atoms with Crippen LogP contribution in [0, 0.1) is 12.8 Å². The third kappa shape index (κ3) is 3.95. The van der Waals surface area contributed by atoms with E-state index in [2.05, 4.69) is 47.1 Å². The zero-order chi connectivity index (χ0) is 22.2. The maximum Gasteiger partial charge on any atom is 0.255 e. The van der Waals surface area contributed by atoms with Crippen LogP contribution in [-0.4, -0.2) is 28.9 Å². The Hall–Kier alpha value is -2.66. The third-order valence-electron chi connectivity index (χ3n) is 7.05. The summed E-state index contributed by atoms with van der Waals surface area (Å²) in [6.45, 7) is 3.67. The summed E-state index contributed by atoms with van der Waals surface area (Å²) in [6.07, 6.45) is 5.92. The molecule has 2 aromatic carbocycles. The van der Waals surface area contributed by atoms with Gasteiger partial charge < -0.3 is 10.6 Å². The molecule has 5 heteroatoms. The lowest BCUT2D eigenvalue weighted by molar-refractivity contribution is 0.0684. The molecule has 0 spiro atoms. The van der Waals surface area contributed by atoms with Gasteiger partial charge in [0.1, 0.15) is 0 Å². The van der Waals surface area contributed by atoms with Crippen molar-refractivity contribution >= 4 is 27.5 Å². The van der Waals surface area contributed by atoms with Crippen molar-refractivity contribution in [3.05, 3.63) is 92.7 Å². The van der Waals surface area contributed by atoms with E-state index in [9.17, 15) is 4.79 Å². The summed E-state index contributed by atoms with van der Waals surface area (Å²) in [7, 11) is 0. The maximum atomic E-state index is 13.1. The molecule has 1 fully saturated rings. The van der Waals surface area contributed by atoms with E-state index in [1.54, 1.807) is 6.07 Å². The largest absolute Gasteiger partial charge is 0.398 e. The molecule has 0 radical (unpaired) electrons. The number of pyridine rings is 1. The van der Waals surface area contributed by atoms with Gasteiger partial charge in [-0.3, -0.25) is 9.78 Å². The molecule has 1 saturated heterocycles. The van der Waals surface area contributed by atoms with Crippen LogP contribution in [0.4, 0.5) is 5.69 Å². The fraction of sp³-hybridized carbons (Fsp3) is 0.333. The Morgan fingerprint density at radius 2 is 1.81 bits per heavy atom. The number of nitrogens with two attached hydrogens (primary N) is 1. The number of nitrogens with zero attached hydrogens (tertiary/aromatic N) is 2. The first kappa shape index (κ1) is 21.2. The number of para-hydroxylation sites is 1. The van der Waals surface area contributed by atoms with Crippen LogP contribution in [0.3, 0.4) is 0 Å². The molecule has 2 aliphatic rings. The molecule has 0 unspecified atom stereocenters.